The van der Waals surface area contributed by atoms with Crippen molar-refractivity contribution in [2.24, 2.45) is 5.14 Å². The molecular formula is C9H13N3O2S. The van der Waals surface area contributed by atoms with Gasteiger partial charge in [-0.3, -0.25) is 4.31 Å². The molecule has 0 unspecified atom stereocenters. The quantitative estimate of drug-likeness (QED) is 0.742. The molecule has 0 aliphatic carbocycles. The van der Waals surface area contributed by atoms with Gasteiger partial charge in [0.25, 0.3) is 10.2 Å². The van der Waals surface area contributed by atoms with Crippen LogP contribution < -0.4 is 14.8 Å². The van der Waals surface area contributed by atoms with E-state index in [1.165, 1.54) is 4.31 Å². The highest BCUT2D eigenvalue weighted by molar-refractivity contribution is 7.90. The van der Waals surface area contributed by atoms with E-state index in [2.05, 4.69) is 5.32 Å². The van der Waals surface area contributed by atoms with E-state index in [4.69, 9.17) is 5.14 Å². The Labute approximate surface area is 89.1 Å². The van der Waals surface area contributed by atoms with E-state index in [1.807, 2.05) is 6.07 Å². The van der Waals surface area contributed by atoms with E-state index < -0.39 is 10.2 Å². The van der Waals surface area contributed by atoms with Crippen LogP contribution >= 0.6 is 0 Å². The van der Waals surface area contributed by atoms with Crippen LogP contribution in [0.15, 0.2) is 30.3 Å². The number of benzene rings is 1. The first-order chi connectivity index (χ1) is 7.09. The molecule has 1 aliphatic rings. The first-order valence-corrected chi connectivity index (χ1v) is 6.17. The summed E-state index contributed by atoms with van der Waals surface area (Å²) in [4.78, 5) is 0. The third-order valence-corrected chi connectivity index (χ3v) is 3.43. The van der Waals surface area contributed by atoms with Crippen LogP contribution in [-0.4, -0.2) is 27.5 Å². The molecule has 1 fully saturated rings. The Bertz CT molecular complexity index is 428. The van der Waals surface area contributed by atoms with Gasteiger partial charge in [-0.1, -0.05) is 18.2 Å². The number of hydrogen-bond acceptors (Lipinski definition) is 3. The van der Waals surface area contributed by atoms with Gasteiger partial charge >= 0.3 is 0 Å². The first-order valence-electron chi connectivity index (χ1n) is 4.67. The van der Waals surface area contributed by atoms with E-state index in [0.717, 1.165) is 0 Å². The van der Waals surface area contributed by atoms with E-state index in [0.29, 0.717) is 18.8 Å². The lowest BCUT2D eigenvalue weighted by molar-refractivity contribution is 0.441. The molecule has 1 saturated heterocycles. The SMILES string of the molecule is NS(=O)(=O)N(c1ccccc1)C1CNC1. The minimum absolute atomic E-state index is 0.0672. The van der Waals surface area contributed by atoms with Crippen molar-refractivity contribution >= 4 is 15.9 Å². The van der Waals surface area contributed by atoms with Crippen molar-refractivity contribution in [2.45, 2.75) is 6.04 Å². The smallest absolute Gasteiger partial charge is 0.299 e. The fourth-order valence-corrected chi connectivity index (χ4v) is 2.56. The van der Waals surface area contributed by atoms with Crippen molar-refractivity contribution in [1.82, 2.24) is 5.32 Å². The Morgan fingerprint density at radius 1 is 1.27 bits per heavy atom. The fraction of sp³-hybridized carbons (Fsp3) is 0.333. The molecule has 3 N–H and O–H groups in total. The fourth-order valence-electron chi connectivity index (χ4n) is 1.58. The molecule has 0 atom stereocenters. The number of nitrogens with zero attached hydrogens (tertiary/aromatic N) is 1. The lowest BCUT2D eigenvalue weighted by Crippen LogP contribution is -2.60. The van der Waals surface area contributed by atoms with Crippen molar-refractivity contribution in [3.63, 3.8) is 0 Å². The van der Waals surface area contributed by atoms with Crippen LogP contribution in [0.5, 0.6) is 0 Å². The Morgan fingerprint density at radius 2 is 1.87 bits per heavy atom. The zero-order valence-corrected chi connectivity index (χ0v) is 8.94. The van der Waals surface area contributed by atoms with E-state index in [1.54, 1.807) is 24.3 Å². The van der Waals surface area contributed by atoms with Crippen molar-refractivity contribution in [3.05, 3.63) is 30.3 Å². The molecule has 15 heavy (non-hydrogen) atoms. The molecule has 5 nitrogen and oxygen atoms in total. The van der Waals surface area contributed by atoms with Crippen molar-refractivity contribution in [2.75, 3.05) is 17.4 Å². The van der Waals surface area contributed by atoms with E-state index in [-0.39, 0.29) is 6.04 Å². The second-order valence-corrected chi connectivity index (χ2v) is 4.91. The van der Waals surface area contributed by atoms with Gasteiger partial charge in [0.2, 0.25) is 0 Å². The van der Waals surface area contributed by atoms with Gasteiger partial charge < -0.3 is 5.32 Å². The van der Waals surface area contributed by atoms with E-state index >= 15 is 0 Å². The maximum absolute atomic E-state index is 11.4. The van der Waals surface area contributed by atoms with Gasteiger partial charge in [-0.05, 0) is 12.1 Å². The summed E-state index contributed by atoms with van der Waals surface area (Å²) < 4.78 is 24.2. The highest BCUT2D eigenvalue weighted by Crippen LogP contribution is 2.20. The second-order valence-electron chi connectivity index (χ2n) is 3.49. The number of hydrogen-bond donors (Lipinski definition) is 2. The van der Waals surface area contributed by atoms with Gasteiger partial charge in [-0.2, -0.15) is 8.42 Å². The molecule has 2 rings (SSSR count). The molecule has 0 aromatic heterocycles. The largest absolute Gasteiger partial charge is 0.312 e. The van der Waals surface area contributed by atoms with Crippen molar-refractivity contribution in [1.29, 1.82) is 0 Å². The van der Waals surface area contributed by atoms with Gasteiger partial charge in [0.15, 0.2) is 0 Å². The number of nitrogens with two attached hydrogens (primary N) is 1. The standard InChI is InChI=1S/C9H13N3O2S/c10-15(13,14)12(9-6-11-7-9)8-4-2-1-3-5-8/h1-5,9,11H,6-7H2,(H2,10,13,14). The summed E-state index contributed by atoms with van der Waals surface area (Å²) in [6.07, 6.45) is 0. The highest BCUT2D eigenvalue weighted by atomic mass is 32.2. The number of anilines is 1. The van der Waals surface area contributed by atoms with Crippen LogP contribution in [-0.2, 0) is 10.2 Å². The summed E-state index contributed by atoms with van der Waals surface area (Å²) in [7, 11) is -3.68. The molecule has 1 heterocycles. The number of rotatable bonds is 3. The number of para-hydroxylation sites is 1. The van der Waals surface area contributed by atoms with Gasteiger partial charge in [0.1, 0.15) is 0 Å². The Morgan fingerprint density at radius 3 is 2.27 bits per heavy atom. The summed E-state index contributed by atoms with van der Waals surface area (Å²) in [6, 6.07) is 8.83. The van der Waals surface area contributed by atoms with Crippen molar-refractivity contribution < 1.29 is 8.42 Å². The maximum Gasteiger partial charge on any atom is 0.299 e. The van der Waals surface area contributed by atoms with Crippen molar-refractivity contribution in [3.8, 4) is 0 Å². The zero-order chi connectivity index (χ0) is 10.9. The van der Waals surface area contributed by atoms with Gasteiger partial charge in [-0.15, -0.1) is 0 Å². The Hall–Kier alpha value is -1.11. The average Bonchev–Trinajstić information content (AvgIpc) is 2.10. The monoisotopic (exact) mass is 227 g/mol. The molecule has 0 spiro atoms. The van der Waals surface area contributed by atoms with Gasteiger partial charge in [0.05, 0.1) is 11.7 Å². The predicted molar refractivity (Wildman–Crippen MR) is 58.7 cm³/mol. The molecule has 0 bridgehead atoms. The lowest BCUT2D eigenvalue weighted by Gasteiger charge is -2.37. The Kier molecular flexibility index (Phi) is 2.64. The second kappa shape index (κ2) is 3.80. The van der Waals surface area contributed by atoms with Crippen LogP contribution in [0.2, 0.25) is 0 Å². The third kappa shape index (κ3) is 2.11. The summed E-state index contributed by atoms with van der Waals surface area (Å²) >= 11 is 0. The highest BCUT2D eigenvalue weighted by Gasteiger charge is 2.31. The van der Waals surface area contributed by atoms with Gasteiger partial charge in [0, 0.05) is 13.1 Å². The molecule has 6 heteroatoms. The minimum atomic E-state index is -3.68. The Balaban J connectivity index is 2.35. The van der Waals surface area contributed by atoms with Gasteiger partial charge in [-0.25, -0.2) is 5.14 Å². The summed E-state index contributed by atoms with van der Waals surface area (Å²) in [5, 5.41) is 8.21. The minimum Gasteiger partial charge on any atom is -0.312 e. The van der Waals surface area contributed by atoms with E-state index in [9.17, 15) is 8.42 Å². The lowest BCUT2D eigenvalue weighted by atomic mass is 10.1. The molecule has 1 aromatic rings. The first kappa shape index (κ1) is 10.4. The van der Waals surface area contributed by atoms with Crippen LogP contribution in [0.25, 0.3) is 0 Å². The molecule has 82 valence electrons. The van der Waals surface area contributed by atoms with Crippen LogP contribution in [0.3, 0.4) is 0 Å². The molecular weight excluding hydrogens is 214 g/mol. The van der Waals surface area contributed by atoms with Crippen LogP contribution in [0.4, 0.5) is 5.69 Å². The molecule has 0 radical (unpaired) electrons. The summed E-state index contributed by atoms with van der Waals surface area (Å²) in [6.45, 7) is 1.29. The number of nitrogens with one attached hydrogen (secondary N) is 1. The van der Waals surface area contributed by atoms with Crippen LogP contribution in [0.1, 0.15) is 0 Å². The zero-order valence-electron chi connectivity index (χ0n) is 8.13. The van der Waals surface area contributed by atoms with Crippen LogP contribution in [0, 0.1) is 0 Å². The summed E-state index contributed by atoms with van der Waals surface area (Å²) in [5.74, 6) is 0. The maximum atomic E-state index is 11.4. The average molecular weight is 227 g/mol. The molecule has 0 amide bonds. The topological polar surface area (TPSA) is 75.4 Å². The predicted octanol–water partition coefficient (Wildman–Crippen LogP) is -0.332. The molecule has 1 aliphatic heterocycles. The normalized spacial score (nSPS) is 17.1. The molecule has 0 saturated carbocycles. The third-order valence-electron chi connectivity index (χ3n) is 2.38. The summed E-state index contributed by atoms with van der Waals surface area (Å²) in [5.41, 5.74) is 0.617. The molecule has 1 aromatic carbocycles.